The van der Waals surface area contributed by atoms with Gasteiger partial charge in [-0.3, -0.25) is 4.79 Å². The molecule has 1 aromatic heterocycles. The first kappa shape index (κ1) is 8.45. The topological polar surface area (TPSA) is 65.2 Å². The molecule has 0 saturated heterocycles. The van der Waals surface area contributed by atoms with Gasteiger partial charge in [0.05, 0.1) is 7.11 Å². The zero-order valence-corrected chi connectivity index (χ0v) is 6.37. The Morgan fingerprint density at radius 3 is 2.92 bits per heavy atom. The van der Waals surface area contributed by atoms with Gasteiger partial charge in [0.15, 0.2) is 17.3 Å². The standard InChI is InChI=1S/C7H7FN2O2/c1-12-4-2-3-10-6(5(4)8)7(9)11/h2-3H,1H3,(H2,9,11). The minimum Gasteiger partial charge on any atom is -0.494 e. The molecule has 0 aliphatic heterocycles. The van der Waals surface area contributed by atoms with Crippen molar-refractivity contribution >= 4 is 5.91 Å². The Bertz CT molecular complexity index is 314. The lowest BCUT2D eigenvalue weighted by Gasteiger charge is -2.02. The molecule has 0 aliphatic carbocycles. The van der Waals surface area contributed by atoms with Crippen molar-refractivity contribution in [3.8, 4) is 5.75 Å². The van der Waals surface area contributed by atoms with Gasteiger partial charge in [-0.15, -0.1) is 0 Å². The van der Waals surface area contributed by atoms with E-state index in [4.69, 9.17) is 5.73 Å². The molecule has 0 bridgehead atoms. The molecule has 0 fully saturated rings. The average molecular weight is 170 g/mol. The van der Waals surface area contributed by atoms with Crippen LogP contribution in [0.15, 0.2) is 12.3 Å². The van der Waals surface area contributed by atoms with Crippen LogP contribution in [-0.4, -0.2) is 18.0 Å². The second-order valence-corrected chi connectivity index (χ2v) is 2.04. The van der Waals surface area contributed by atoms with E-state index in [-0.39, 0.29) is 5.75 Å². The monoisotopic (exact) mass is 170 g/mol. The number of nitrogens with zero attached hydrogens (tertiary/aromatic N) is 1. The van der Waals surface area contributed by atoms with Gasteiger partial charge in [0.25, 0.3) is 5.91 Å². The van der Waals surface area contributed by atoms with Crippen molar-refractivity contribution < 1.29 is 13.9 Å². The van der Waals surface area contributed by atoms with E-state index in [0.717, 1.165) is 0 Å². The number of pyridine rings is 1. The highest BCUT2D eigenvalue weighted by Crippen LogP contribution is 2.16. The van der Waals surface area contributed by atoms with Gasteiger partial charge in [-0.25, -0.2) is 9.37 Å². The zero-order valence-electron chi connectivity index (χ0n) is 6.37. The van der Waals surface area contributed by atoms with Crippen LogP contribution in [0.25, 0.3) is 0 Å². The fourth-order valence-corrected chi connectivity index (χ4v) is 0.755. The highest BCUT2D eigenvalue weighted by Gasteiger charge is 2.13. The SMILES string of the molecule is COc1ccnc(C(N)=O)c1F. The van der Waals surface area contributed by atoms with Gasteiger partial charge in [-0.2, -0.15) is 0 Å². The lowest BCUT2D eigenvalue weighted by Crippen LogP contribution is -2.15. The van der Waals surface area contributed by atoms with Gasteiger partial charge < -0.3 is 10.5 Å². The molecule has 0 saturated carbocycles. The molecule has 64 valence electrons. The maximum atomic E-state index is 13.0. The van der Waals surface area contributed by atoms with E-state index >= 15 is 0 Å². The number of ether oxygens (including phenoxy) is 1. The fraction of sp³-hybridized carbons (Fsp3) is 0.143. The molecule has 1 heterocycles. The minimum atomic E-state index is -0.911. The molecule has 1 amide bonds. The molecule has 0 atom stereocenters. The molecule has 2 N–H and O–H groups in total. The van der Waals surface area contributed by atoms with E-state index in [9.17, 15) is 9.18 Å². The summed E-state index contributed by atoms with van der Waals surface area (Å²) in [7, 11) is 1.29. The summed E-state index contributed by atoms with van der Waals surface area (Å²) in [6.07, 6.45) is 1.25. The number of amides is 1. The largest absolute Gasteiger partial charge is 0.494 e. The van der Waals surface area contributed by atoms with Crippen molar-refractivity contribution in [2.75, 3.05) is 7.11 Å². The third-order valence-corrected chi connectivity index (χ3v) is 1.31. The molecule has 0 unspecified atom stereocenters. The van der Waals surface area contributed by atoms with Crippen molar-refractivity contribution in [1.29, 1.82) is 0 Å². The number of halogens is 1. The minimum absolute atomic E-state index is 0.0428. The van der Waals surface area contributed by atoms with Gasteiger partial charge in [-0.1, -0.05) is 0 Å². The average Bonchev–Trinajstić information content (AvgIpc) is 2.04. The summed E-state index contributed by atoms with van der Waals surface area (Å²) in [5.41, 5.74) is 4.43. The summed E-state index contributed by atoms with van der Waals surface area (Å²) in [6.45, 7) is 0. The Morgan fingerprint density at radius 2 is 2.42 bits per heavy atom. The quantitative estimate of drug-likeness (QED) is 0.695. The Labute approximate surface area is 68.2 Å². The summed E-state index contributed by atoms with van der Waals surface area (Å²) in [4.78, 5) is 14.0. The van der Waals surface area contributed by atoms with E-state index in [1.165, 1.54) is 19.4 Å². The van der Waals surface area contributed by atoms with Crippen molar-refractivity contribution in [3.63, 3.8) is 0 Å². The predicted octanol–water partition coefficient (Wildman–Crippen LogP) is 0.328. The summed E-state index contributed by atoms with van der Waals surface area (Å²) in [5.74, 6) is -1.78. The first-order valence-electron chi connectivity index (χ1n) is 3.15. The maximum Gasteiger partial charge on any atom is 0.270 e. The number of methoxy groups -OCH3 is 1. The van der Waals surface area contributed by atoms with Crippen LogP contribution in [0.1, 0.15) is 10.5 Å². The lowest BCUT2D eigenvalue weighted by atomic mass is 10.3. The van der Waals surface area contributed by atoms with Gasteiger partial charge >= 0.3 is 0 Å². The number of hydrogen-bond acceptors (Lipinski definition) is 3. The zero-order chi connectivity index (χ0) is 9.14. The van der Waals surface area contributed by atoms with Crippen LogP contribution in [-0.2, 0) is 0 Å². The molecule has 0 spiro atoms. The van der Waals surface area contributed by atoms with E-state index < -0.39 is 17.4 Å². The van der Waals surface area contributed by atoms with Gasteiger partial charge in [0, 0.05) is 12.3 Å². The van der Waals surface area contributed by atoms with Crippen molar-refractivity contribution in [2.24, 2.45) is 5.73 Å². The van der Waals surface area contributed by atoms with Crippen LogP contribution in [0.2, 0.25) is 0 Å². The number of carbonyl (C=O) groups is 1. The maximum absolute atomic E-state index is 13.0. The molecule has 4 nitrogen and oxygen atoms in total. The molecule has 1 aromatic rings. The second-order valence-electron chi connectivity index (χ2n) is 2.04. The lowest BCUT2D eigenvalue weighted by molar-refractivity contribution is 0.0990. The predicted molar refractivity (Wildman–Crippen MR) is 39.3 cm³/mol. The summed E-state index contributed by atoms with van der Waals surface area (Å²) in [5, 5.41) is 0. The van der Waals surface area contributed by atoms with E-state index in [0.29, 0.717) is 0 Å². The Balaban J connectivity index is 3.23. The fourth-order valence-electron chi connectivity index (χ4n) is 0.755. The van der Waals surface area contributed by atoms with Crippen molar-refractivity contribution in [3.05, 3.63) is 23.8 Å². The van der Waals surface area contributed by atoms with E-state index in [1.807, 2.05) is 0 Å². The molecule has 0 aromatic carbocycles. The number of nitrogens with two attached hydrogens (primary N) is 1. The van der Waals surface area contributed by atoms with Crippen LogP contribution >= 0.6 is 0 Å². The Hall–Kier alpha value is -1.65. The van der Waals surface area contributed by atoms with Crippen molar-refractivity contribution in [1.82, 2.24) is 4.98 Å². The highest BCUT2D eigenvalue weighted by molar-refractivity contribution is 5.91. The van der Waals surface area contributed by atoms with Crippen LogP contribution in [0, 0.1) is 5.82 Å². The number of carbonyl (C=O) groups excluding carboxylic acids is 1. The Kier molecular flexibility index (Phi) is 2.23. The van der Waals surface area contributed by atoms with E-state index in [1.54, 1.807) is 0 Å². The number of primary amides is 1. The summed E-state index contributed by atoms with van der Waals surface area (Å²) >= 11 is 0. The first-order valence-corrected chi connectivity index (χ1v) is 3.15. The smallest absolute Gasteiger partial charge is 0.270 e. The molecular formula is C7H7FN2O2. The summed E-state index contributed by atoms with van der Waals surface area (Å²) < 4.78 is 17.6. The van der Waals surface area contributed by atoms with E-state index in [2.05, 4.69) is 9.72 Å². The first-order chi connectivity index (χ1) is 5.66. The third kappa shape index (κ3) is 1.34. The molecule has 5 heteroatoms. The highest BCUT2D eigenvalue weighted by atomic mass is 19.1. The molecule has 0 aliphatic rings. The number of rotatable bonds is 2. The summed E-state index contributed by atoms with van der Waals surface area (Å²) in [6, 6.07) is 1.31. The molecule has 1 rings (SSSR count). The second kappa shape index (κ2) is 3.17. The molecule has 0 radical (unpaired) electrons. The van der Waals surface area contributed by atoms with Gasteiger partial charge in [0.1, 0.15) is 0 Å². The normalized spacial score (nSPS) is 9.50. The van der Waals surface area contributed by atoms with Gasteiger partial charge in [-0.05, 0) is 0 Å². The number of aromatic nitrogens is 1. The molecule has 12 heavy (non-hydrogen) atoms. The third-order valence-electron chi connectivity index (χ3n) is 1.31. The number of hydrogen-bond donors (Lipinski definition) is 1. The Morgan fingerprint density at radius 1 is 1.75 bits per heavy atom. The van der Waals surface area contributed by atoms with Gasteiger partial charge in [0.2, 0.25) is 0 Å². The van der Waals surface area contributed by atoms with Crippen LogP contribution in [0.5, 0.6) is 5.75 Å². The molecular weight excluding hydrogens is 163 g/mol. The van der Waals surface area contributed by atoms with Crippen LogP contribution < -0.4 is 10.5 Å². The van der Waals surface area contributed by atoms with Crippen molar-refractivity contribution in [2.45, 2.75) is 0 Å². The van der Waals surface area contributed by atoms with Crippen LogP contribution in [0.4, 0.5) is 4.39 Å². The van der Waals surface area contributed by atoms with Crippen LogP contribution in [0.3, 0.4) is 0 Å².